The van der Waals surface area contributed by atoms with Crippen molar-refractivity contribution in [3.63, 3.8) is 0 Å². The zero-order valence-electron chi connectivity index (χ0n) is 9.74. The lowest BCUT2D eigenvalue weighted by atomic mass is 10.2. The molecule has 16 heavy (non-hydrogen) atoms. The van der Waals surface area contributed by atoms with E-state index in [1.54, 1.807) is 11.3 Å². The molecule has 84 valence electrons. The molecular weight excluding hydrogens is 218 g/mol. The molecular formula is C12H15N3S. The second kappa shape index (κ2) is 4.61. The van der Waals surface area contributed by atoms with Crippen LogP contribution in [0.4, 0.5) is 5.95 Å². The molecule has 0 bridgehead atoms. The predicted octanol–water partition coefficient (Wildman–Crippen LogP) is 3.25. The summed E-state index contributed by atoms with van der Waals surface area (Å²) in [6, 6.07) is 4.24. The molecule has 0 spiro atoms. The average molecular weight is 233 g/mol. The number of nitrogens with zero attached hydrogens (tertiary/aromatic N) is 2. The lowest BCUT2D eigenvalue weighted by Crippen LogP contribution is -2.03. The predicted molar refractivity (Wildman–Crippen MR) is 69.0 cm³/mol. The second-order valence-electron chi connectivity index (χ2n) is 3.67. The number of thiophene rings is 1. The standard InChI is InChI=1S/C12H15N3S/c1-4-13-12-14-7-8(2)11(15-12)10-6-5-9(3)16-10/h5-7H,4H2,1-3H3,(H,13,14,15). The van der Waals surface area contributed by atoms with E-state index in [1.807, 2.05) is 20.0 Å². The van der Waals surface area contributed by atoms with Crippen molar-refractivity contribution in [3.05, 3.63) is 28.8 Å². The van der Waals surface area contributed by atoms with E-state index in [4.69, 9.17) is 0 Å². The zero-order valence-corrected chi connectivity index (χ0v) is 10.6. The first-order chi connectivity index (χ1) is 7.70. The Bertz CT molecular complexity index is 491. The van der Waals surface area contributed by atoms with Gasteiger partial charge in [0, 0.05) is 17.6 Å². The maximum Gasteiger partial charge on any atom is 0.223 e. The average Bonchev–Trinajstić information content (AvgIpc) is 2.68. The Balaban J connectivity index is 2.42. The van der Waals surface area contributed by atoms with Gasteiger partial charge >= 0.3 is 0 Å². The number of aromatic nitrogens is 2. The van der Waals surface area contributed by atoms with Crippen LogP contribution < -0.4 is 5.32 Å². The van der Waals surface area contributed by atoms with Gasteiger partial charge in [0.25, 0.3) is 0 Å². The quantitative estimate of drug-likeness (QED) is 0.884. The van der Waals surface area contributed by atoms with E-state index in [0.29, 0.717) is 5.95 Å². The zero-order chi connectivity index (χ0) is 11.5. The molecule has 0 atom stereocenters. The van der Waals surface area contributed by atoms with Gasteiger partial charge in [0.05, 0.1) is 10.6 Å². The fourth-order valence-corrected chi connectivity index (χ4v) is 2.42. The van der Waals surface area contributed by atoms with Gasteiger partial charge in [-0.05, 0) is 38.5 Å². The summed E-state index contributed by atoms with van der Waals surface area (Å²) in [5, 5.41) is 3.13. The van der Waals surface area contributed by atoms with E-state index in [9.17, 15) is 0 Å². The summed E-state index contributed by atoms with van der Waals surface area (Å²) in [5.41, 5.74) is 2.15. The molecule has 0 unspecified atom stereocenters. The lowest BCUT2D eigenvalue weighted by Gasteiger charge is -2.05. The fraction of sp³-hybridized carbons (Fsp3) is 0.333. The first-order valence-electron chi connectivity index (χ1n) is 5.35. The van der Waals surface area contributed by atoms with E-state index >= 15 is 0 Å². The molecule has 2 aromatic heterocycles. The van der Waals surface area contributed by atoms with Crippen molar-refractivity contribution in [1.82, 2.24) is 9.97 Å². The van der Waals surface area contributed by atoms with Gasteiger partial charge in [-0.1, -0.05) is 0 Å². The Morgan fingerprint density at radius 2 is 2.12 bits per heavy atom. The van der Waals surface area contributed by atoms with Crippen LogP contribution in [0.25, 0.3) is 10.6 Å². The number of nitrogens with one attached hydrogen (secondary N) is 1. The Kier molecular flexibility index (Phi) is 3.19. The SMILES string of the molecule is CCNc1ncc(C)c(-c2ccc(C)s2)n1. The van der Waals surface area contributed by atoms with Crippen LogP contribution in [-0.4, -0.2) is 16.5 Å². The largest absolute Gasteiger partial charge is 0.354 e. The molecule has 0 fully saturated rings. The minimum atomic E-state index is 0.703. The van der Waals surface area contributed by atoms with Gasteiger partial charge in [-0.15, -0.1) is 11.3 Å². The normalized spacial score (nSPS) is 10.4. The molecule has 2 heterocycles. The molecule has 1 N–H and O–H groups in total. The van der Waals surface area contributed by atoms with Crippen molar-refractivity contribution < 1.29 is 0 Å². The number of rotatable bonds is 3. The van der Waals surface area contributed by atoms with Crippen molar-refractivity contribution in [3.8, 4) is 10.6 Å². The highest BCUT2D eigenvalue weighted by Gasteiger charge is 2.07. The minimum absolute atomic E-state index is 0.703. The van der Waals surface area contributed by atoms with Crippen LogP contribution in [0.2, 0.25) is 0 Å². The Morgan fingerprint density at radius 3 is 2.75 bits per heavy atom. The van der Waals surface area contributed by atoms with E-state index < -0.39 is 0 Å². The maximum atomic E-state index is 4.53. The summed E-state index contributed by atoms with van der Waals surface area (Å²) in [5.74, 6) is 0.703. The van der Waals surface area contributed by atoms with Crippen molar-refractivity contribution in [2.45, 2.75) is 20.8 Å². The second-order valence-corrected chi connectivity index (χ2v) is 4.95. The topological polar surface area (TPSA) is 37.8 Å². The Hall–Kier alpha value is -1.42. The van der Waals surface area contributed by atoms with Crippen molar-refractivity contribution >= 4 is 17.3 Å². The Morgan fingerprint density at radius 1 is 1.31 bits per heavy atom. The lowest BCUT2D eigenvalue weighted by molar-refractivity contribution is 1.07. The third-order valence-electron chi connectivity index (χ3n) is 2.28. The third-order valence-corrected chi connectivity index (χ3v) is 3.29. The van der Waals surface area contributed by atoms with Gasteiger partial charge in [0.15, 0.2) is 0 Å². The number of hydrogen-bond donors (Lipinski definition) is 1. The highest BCUT2D eigenvalue weighted by Crippen LogP contribution is 2.28. The van der Waals surface area contributed by atoms with E-state index in [0.717, 1.165) is 17.8 Å². The van der Waals surface area contributed by atoms with Crippen LogP contribution in [0.1, 0.15) is 17.4 Å². The summed E-state index contributed by atoms with van der Waals surface area (Å²) in [6.45, 7) is 7.03. The molecule has 2 rings (SSSR count). The number of anilines is 1. The monoisotopic (exact) mass is 233 g/mol. The molecule has 0 aliphatic rings. The summed E-state index contributed by atoms with van der Waals surface area (Å²) in [7, 11) is 0. The summed E-state index contributed by atoms with van der Waals surface area (Å²) < 4.78 is 0. The molecule has 0 aromatic carbocycles. The molecule has 0 saturated carbocycles. The first kappa shape index (κ1) is 11.1. The van der Waals surface area contributed by atoms with Crippen LogP contribution in [-0.2, 0) is 0 Å². The molecule has 0 aliphatic carbocycles. The van der Waals surface area contributed by atoms with Crippen molar-refractivity contribution in [2.24, 2.45) is 0 Å². The van der Waals surface area contributed by atoms with Crippen molar-refractivity contribution in [2.75, 3.05) is 11.9 Å². The van der Waals surface area contributed by atoms with Crippen LogP contribution in [0, 0.1) is 13.8 Å². The third kappa shape index (κ3) is 2.22. The van der Waals surface area contributed by atoms with E-state index in [-0.39, 0.29) is 0 Å². The molecule has 0 aliphatic heterocycles. The minimum Gasteiger partial charge on any atom is -0.354 e. The molecule has 3 nitrogen and oxygen atoms in total. The highest BCUT2D eigenvalue weighted by atomic mass is 32.1. The fourth-order valence-electron chi connectivity index (χ4n) is 1.50. The van der Waals surface area contributed by atoms with E-state index in [2.05, 4.69) is 34.3 Å². The summed E-state index contributed by atoms with van der Waals surface area (Å²) in [4.78, 5) is 11.3. The van der Waals surface area contributed by atoms with Crippen molar-refractivity contribution in [1.29, 1.82) is 0 Å². The summed E-state index contributed by atoms with van der Waals surface area (Å²) >= 11 is 1.76. The maximum absolute atomic E-state index is 4.53. The highest BCUT2D eigenvalue weighted by molar-refractivity contribution is 7.15. The Labute approximate surface area is 99.6 Å². The van der Waals surface area contributed by atoms with Gasteiger partial charge in [-0.25, -0.2) is 9.97 Å². The van der Waals surface area contributed by atoms with Crippen LogP contribution >= 0.6 is 11.3 Å². The van der Waals surface area contributed by atoms with Gasteiger partial charge in [-0.2, -0.15) is 0 Å². The molecule has 0 saturated heterocycles. The van der Waals surface area contributed by atoms with Gasteiger partial charge in [0.1, 0.15) is 0 Å². The summed E-state index contributed by atoms with van der Waals surface area (Å²) in [6.07, 6.45) is 1.87. The molecule has 0 radical (unpaired) electrons. The van der Waals surface area contributed by atoms with Gasteiger partial charge < -0.3 is 5.32 Å². The van der Waals surface area contributed by atoms with Gasteiger partial charge in [0.2, 0.25) is 5.95 Å². The van der Waals surface area contributed by atoms with E-state index in [1.165, 1.54) is 9.75 Å². The number of aryl methyl sites for hydroxylation is 2. The number of hydrogen-bond acceptors (Lipinski definition) is 4. The first-order valence-corrected chi connectivity index (χ1v) is 6.16. The molecule has 2 aromatic rings. The smallest absolute Gasteiger partial charge is 0.223 e. The van der Waals surface area contributed by atoms with Gasteiger partial charge in [-0.3, -0.25) is 0 Å². The van der Waals surface area contributed by atoms with Crippen LogP contribution in [0.3, 0.4) is 0 Å². The van der Waals surface area contributed by atoms with Crippen LogP contribution in [0.15, 0.2) is 18.3 Å². The molecule has 4 heteroatoms. The molecule has 0 amide bonds. The van der Waals surface area contributed by atoms with Crippen LogP contribution in [0.5, 0.6) is 0 Å².